The Labute approximate surface area is 57.5 Å². The van der Waals surface area contributed by atoms with Gasteiger partial charge >= 0.3 is 0 Å². The van der Waals surface area contributed by atoms with Crippen molar-refractivity contribution in [3.63, 3.8) is 0 Å². The number of carbonyl (C=O) groups excluding carboxylic acids is 1. The van der Waals surface area contributed by atoms with E-state index in [9.17, 15) is 4.79 Å². The van der Waals surface area contributed by atoms with Gasteiger partial charge in [-0.25, -0.2) is 0 Å². The third-order valence-corrected chi connectivity index (χ3v) is 1.07. The maximum atomic E-state index is 9.76. The van der Waals surface area contributed by atoms with Gasteiger partial charge in [0.2, 0.25) is 0 Å². The van der Waals surface area contributed by atoms with Crippen LogP contribution >= 0.6 is 0 Å². The lowest BCUT2D eigenvalue weighted by Crippen LogP contribution is -2.40. The average Bonchev–Trinajstić information content (AvgIpc) is 2.00. The number of carbonyl (C=O) groups is 1. The Morgan fingerprint density at radius 3 is 2.10 bits per heavy atom. The van der Waals surface area contributed by atoms with Crippen LogP contribution in [0.5, 0.6) is 0 Å². The van der Waals surface area contributed by atoms with Crippen molar-refractivity contribution >= 4 is 6.29 Å². The van der Waals surface area contributed by atoms with Crippen LogP contribution in [0.15, 0.2) is 0 Å². The quantitative estimate of drug-likeness (QED) is 0.326. The van der Waals surface area contributed by atoms with Crippen LogP contribution in [0.4, 0.5) is 0 Å². The molecule has 0 aromatic carbocycles. The van der Waals surface area contributed by atoms with Crippen LogP contribution in [0.2, 0.25) is 0 Å². The first-order valence-electron chi connectivity index (χ1n) is 2.73. The number of hydrogen-bond donors (Lipinski definition) is 4. The lowest BCUT2D eigenvalue weighted by atomic mass is 10.1. The van der Waals surface area contributed by atoms with Gasteiger partial charge in [-0.2, -0.15) is 0 Å². The van der Waals surface area contributed by atoms with Gasteiger partial charge in [-0.1, -0.05) is 0 Å². The standard InChI is InChI=1S/C5H10O5/c6-1-3(8)5(10)4(9)2-7/h1,3-5,7-10H,2H2/t3-,4?,5+/m0/s1. The summed E-state index contributed by atoms with van der Waals surface area (Å²) >= 11 is 0. The van der Waals surface area contributed by atoms with E-state index in [-0.39, 0.29) is 6.29 Å². The molecule has 0 aliphatic carbocycles. The zero-order valence-electron chi connectivity index (χ0n) is 5.21. The van der Waals surface area contributed by atoms with Gasteiger partial charge in [0.15, 0.2) is 6.29 Å². The molecular weight excluding hydrogens is 140 g/mol. The van der Waals surface area contributed by atoms with Crippen LogP contribution in [0.1, 0.15) is 0 Å². The minimum Gasteiger partial charge on any atom is -0.394 e. The van der Waals surface area contributed by atoms with Gasteiger partial charge in [0.1, 0.15) is 18.3 Å². The van der Waals surface area contributed by atoms with E-state index in [1.807, 2.05) is 0 Å². The fourth-order valence-corrected chi connectivity index (χ4v) is 0.416. The van der Waals surface area contributed by atoms with Gasteiger partial charge in [-0.3, -0.25) is 0 Å². The first-order chi connectivity index (χ1) is 4.63. The second-order valence-electron chi connectivity index (χ2n) is 1.87. The Bertz CT molecular complexity index is 104. The molecule has 5 heteroatoms. The Morgan fingerprint density at radius 2 is 1.80 bits per heavy atom. The van der Waals surface area contributed by atoms with Crippen LogP contribution < -0.4 is 0 Å². The van der Waals surface area contributed by atoms with E-state index >= 15 is 0 Å². The molecular formula is C5H10O5. The van der Waals surface area contributed by atoms with E-state index in [1.165, 1.54) is 0 Å². The largest absolute Gasteiger partial charge is 0.394 e. The van der Waals surface area contributed by atoms with Crippen molar-refractivity contribution in [3.8, 4) is 0 Å². The average molecular weight is 150 g/mol. The predicted molar refractivity (Wildman–Crippen MR) is 31.2 cm³/mol. The molecule has 0 aliphatic rings. The Kier molecular flexibility index (Phi) is 4.13. The number of hydrogen-bond acceptors (Lipinski definition) is 5. The van der Waals surface area contributed by atoms with Crippen LogP contribution in [-0.2, 0) is 4.79 Å². The number of rotatable bonds is 4. The third-order valence-electron chi connectivity index (χ3n) is 1.07. The van der Waals surface area contributed by atoms with Crippen molar-refractivity contribution in [1.82, 2.24) is 0 Å². The number of aldehydes is 1. The zero-order chi connectivity index (χ0) is 8.15. The molecule has 0 aromatic heterocycles. The summed E-state index contributed by atoms with van der Waals surface area (Å²) in [6.45, 7) is -0.688. The maximum absolute atomic E-state index is 9.76. The van der Waals surface area contributed by atoms with E-state index in [0.717, 1.165) is 0 Å². The molecule has 0 radical (unpaired) electrons. The van der Waals surface area contributed by atoms with Crippen LogP contribution in [-0.4, -0.2) is 51.6 Å². The monoisotopic (exact) mass is 150 g/mol. The first kappa shape index (κ1) is 9.51. The molecule has 3 atom stereocenters. The zero-order valence-corrected chi connectivity index (χ0v) is 5.21. The molecule has 0 rings (SSSR count). The third kappa shape index (κ3) is 2.40. The minimum atomic E-state index is -1.64. The van der Waals surface area contributed by atoms with E-state index < -0.39 is 24.9 Å². The topological polar surface area (TPSA) is 98.0 Å². The first-order valence-corrected chi connectivity index (χ1v) is 2.73. The molecule has 60 valence electrons. The van der Waals surface area contributed by atoms with E-state index in [0.29, 0.717) is 0 Å². The molecule has 0 saturated heterocycles. The van der Waals surface area contributed by atoms with Crippen molar-refractivity contribution in [2.45, 2.75) is 18.3 Å². The molecule has 1 unspecified atom stereocenters. The molecule has 0 spiro atoms. The van der Waals surface area contributed by atoms with Gasteiger partial charge in [0.05, 0.1) is 6.61 Å². The Balaban J connectivity index is 3.80. The molecule has 0 fully saturated rings. The highest BCUT2D eigenvalue weighted by atomic mass is 16.4. The van der Waals surface area contributed by atoms with Crippen molar-refractivity contribution in [2.24, 2.45) is 0 Å². The molecule has 5 nitrogen and oxygen atoms in total. The Morgan fingerprint density at radius 1 is 1.30 bits per heavy atom. The molecule has 0 aliphatic heterocycles. The number of aliphatic hydroxyl groups is 4. The molecule has 4 N–H and O–H groups in total. The van der Waals surface area contributed by atoms with Gasteiger partial charge in [-0.05, 0) is 0 Å². The SMILES string of the molecule is O=C[C@H](O)[C@@H](O)C(O)CO. The Hall–Kier alpha value is -0.490. The highest BCUT2D eigenvalue weighted by Crippen LogP contribution is 1.96. The van der Waals surface area contributed by atoms with E-state index in [2.05, 4.69) is 0 Å². The fraction of sp³-hybridized carbons (Fsp3) is 0.800. The van der Waals surface area contributed by atoms with E-state index in [1.54, 1.807) is 0 Å². The van der Waals surface area contributed by atoms with Crippen LogP contribution in [0.25, 0.3) is 0 Å². The molecule has 0 amide bonds. The molecule has 0 aromatic rings. The van der Waals surface area contributed by atoms with Crippen LogP contribution in [0.3, 0.4) is 0 Å². The fourth-order valence-electron chi connectivity index (χ4n) is 0.416. The second kappa shape index (κ2) is 4.35. The summed E-state index contributed by atoms with van der Waals surface area (Å²) in [5.41, 5.74) is 0. The minimum absolute atomic E-state index is 0.0869. The van der Waals surface area contributed by atoms with Gasteiger partial charge in [0.25, 0.3) is 0 Å². The summed E-state index contributed by atoms with van der Waals surface area (Å²) in [6, 6.07) is 0. The van der Waals surface area contributed by atoms with Crippen molar-refractivity contribution in [1.29, 1.82) is 0 Å². The number of aliphatic hydroxyl groups excluding tert-OH is 4. The lowest BCUT2D eigenvalue weighted by molar-refractivity contribution is -0.127. The van der Waals surface area contributed by atoms with Crippen LogP contribution in [0, 0.1) is 0 Å². The van der Waals surface area contributed by atoms with Gasteiger partial charge in [0, 0.05) is 0 Å². The summed E-state index contributed by atoms with van der Waals surface area (Å²) in [5, 5.41) is 34.1. The van der Waals surface area contributed by atoms with E-state index in [4.69, 9.17) is 20.4 Å². The normalized spacial score (nSPS) is 19.6. The van der Waals surface area contributed by atoms with Gasteiger partial charge < -0.3 is 25.2 Å². The molecule has 0 heterocycles. The molecule has 0 bridgehead atoms. The summed E-state index contributed by atoms with van der Waals surface area (Å²) in [6.07, 6.45) is -4.63. The summed E-state index contributed by atoms with van der Waals surface area (Å²) < 4.78 is 0. The highest BCUT2D eigenvalue weighted by Gasteiger charge is 2.22. The van der Waals surface area contributed by atoms with Crippen molar-refractivity contribution < 1.29 is 25.2 Å². The van der Waals surface area contributed by atoms with Crippen molar-refractivity contribution in [2.75, 3.05) is 6.61 Å². The smallest absolute Gasteiger partial charge is 0.151 e. The maximum Gasteiger partial charge on any atom is 0.151 e. The van der Waals surface area contributed by atoms with Crippen molar-refractivity contribution in [3.05, 3.63) is 0 Å². The lowest BCUT2D eigenvalue weighted by Gasteiger charge is -2.16. The highest BCUT2D eigenvalue weighted by molar-refractivity contribution is 5.56. The second-order valence-corrected chi connectivity index (χ2v) is 1.87. The summed E-state index contributed by atoms with van der Waals surface area (Å²) in [7, 11) is 0. The van der Waals surface area contributed by atoms with Gasteiger partial charge in [-0.15, -0.1) is 0 Å². The molecule has 0 saturated carbocycles. The molecule has 10 heavy (non-hydrogen) atoms. The summed E-state index contributed by atoms with van der Waals surface area (Å²) in [5.74, 6) is 0. The summed E-state index contributed by atoms with van der Waals surface area (Å²) in [4.78, 5) is 9.76. The predicted octanol–water partition coefficient (Wildman–Crippen LogP) is -2.74.